The first-order valence-corrected chi connectivity index (χ1v) is 8.30. The maximum Gasteiger partial charge on any atom is 0.269 e. The molecule has 1 aliphatic carbocycles. The fourth-order valence-electron chi connectivity index (χ4n) is 2.53. The summed E-state index contributed by atoms with van der Waals surface area (Å²) in [5.74, 6) is -0.615. The molecule has 6 nitrogen and oxygen atoms in total. The fraction of sp³-hybridized carbons (Fsp3) is 0.429. The highest BCUT2D eigenvalue weighted by Crippen LogP contribution is 2.32. The normalized spacial score (nSPS) is 21.0. The van der Waals surface area contributed by atoms with Crippen molar-refractivity contribution in [1.29, 1.82) is 0 Å². The molecule has 1 saturated carbocycles. The largest absolute Gasteiger partial charge is 0.352 e. The lowest BCUT2D eigenvalue weighted by atomic mass is 10.2. The quantitative estimate of drug-likeness (QED) is 0.889. The van der Waals surface area contributed by atoms with Gasteiger partial charge in [-0.3, -0.25) is 9.59 Å². The van der Waals surface area contributed by atoms with Crippen molar-refractivity contribution in [2.45, 2.75) is 30.7 Å². The highest BCUT2D eigenvalue weighted by Gasteiger charge is 2.42. The van der Waals surface area contributed by atoms with E-state index in [0.717, 1.165) is 12.8 Å². The minimum Gasteiger partial charge on any atom is -0.352 e. The summed E-state index contributed by atoms with van der Waals surface area (Å²) in [5.41, 5.74) is 0.126. The molecule has 0 spiro atoms. The number of benzene rings is 1. The second-order valence-electron chi connectivity index (χ2n) is 5.51. The van der Waals surface area contributed by atoms with E-state index in [1.54, 1.807) is 12.1 Å². The summed E-state index contributed by atoms with van der Waals surface area (Å²) < 4.78 is 25.2. The molecule has 0 bridgehead atoms. The van der Waals surface area contributed by atoms with Crippen LogP contribution in [0.1, 0.15) is 30.1 Å². The molecule has 0 radical (unpaired) electrons. The molecule has 0 aromatic heterocycles. The Kier molecular flexibility index (Phi) is 3.24. The van der Waals surface area contributed by atoms with Crippen LogP contribution < -0.4 is 5.32 Å². The molecule has 3 rings (SSSR count). The smallest absolute Gasteiger partial charge is 0.269 e. The van der Waals surface area contributed by atoms with Gasteiger partial charge in [0.1, 0.15) is 11.4 Å². The number of nitrogens with one attached hydrogen (secondary N) is 1. The van der Waals surface area contributed by atoms with Gasteiger partial charge in [0, 0.05) is 6.04 Å². The van der Waals surface area contributed by atoms with E-state index in [1.807, 2.05) is 6.92 Å². The Morgan fingerprint density at radius 3 is 2.67 bits per heavy atom. The van der Waals surface area contributed by atoms with Gasteiger partial charge < -0.3 is 5.32 Å². The van der Waals surface area contributed by atoms with Crippen LogP contribution in [0, 0.1) is 5.92 Å². The molecule has 2 aliphatic rings. The van der Waals surface area contributed by atoms with Crippen molar-refractivity contribution < 1.29 is 18.0 Å². The molecule has 1 unspecified atom stereocenters. The second kappa shape index (κ2) is 4.84. The summed E-state index contributed by atoms with van der Waals surface area (Å²) in [5, 5.41) is 2.76. The Balaban J connectivity index is 1.77. The number of carbonyl (C=O) groups is 2. The number of carbonyl (C=O) groups excluding carboxylic acids is 2. The van der Waals surface area contributed by atoms with Crippen LogP contribution in [0.5, 0.6) is 0 Å². The van der Waals surface area contributed by atoms with Gasteiger partial charge in [0.2, 0.25) is 5.91 Å². The van der Waals surface area contributed by atoms with Crippen molar-refractivity contribution in [3.8, 4) is 0 Å². The summed E-state index contributed by atoms with van der Waals surface area (Å²) in [6.07, 6.45) is 2.15. The molecule has 21 heavy (non-hydrogen) atoms. The summed E-state index contributed by atoms with van der Waals surface area (Å²) >= 11 is 0. The predicted octanol–water partition coefficient (Wildman–Crippen LogP) is 0.746. The van der Waals surface area contributed by atoms with Gasteiger partial charge in [-0.2, -0.15) is 0 Å². The zero-order valence-corrected chi connectivity index (χ0v) is 12.4. The molecule has 2 amide bonds. The summed E-state index contributed by atoms with van der Waals surface area (Å²) in [4.78, 5) is 24.1. The Hall–Kier alpha value is -1.89. The molecule has 0 saturated heterocycles. The Labute approximate surface area is 123 Å². The Bertz CT molecular complexity index is 709. The first-order valence-electron chi connectivity index (χ1n) is 6.86. The average Bonchev–Trinajstić information content (AvgIpc) is 3.25. The minimum atomic E-state index is -3.91. The van der Waals surface area contributed by atoms with Crippen LogP contribution >= 0.6 is 0 Å². The van der Waals surface area contributed by atoms with E-state index in [2.05, 4.69) is 5.32 Å². The van der Waals surface area contributed by atoms with Gasteiger partial charge in [-0.05, 0) is 37.8 Å². The number of nitrogens with zero attached hydrogens (tertiary/aromatic N) is 1. The third-order valence-electron chi connectivity index (χ3n) is 3.92. The summed E-state index contributed by atoms with van der Waals surface area (Å²) in [6.45, 7) is 1.43. The van der Waals surface area contributed by atoms with Crippen molar-refractivity contribution in [1.82, 2.24) is 9.62 Å². The number of rotatable bonds is 4. The number of amides is 2. The molecule has 1 fully saturated rings. The highest BCUT2D eigenvalue weighted by molar-refractivity contribution is 7.90. The van der Waals surface area contributed by atoms with Crippen LogP contribution in [0.15, 0.2) is 29.2 Å². The Morgan fingerprint density at radius 1 is 1.38 bits per heavy atom. The molecule has 112 valence electrons. The lowest BCUT2D eigenvalue weighted by Gasteiger charge is -2.17. The van der Waals surface area contributed by atoms with Gasteiger partial charge in [0.05, 0.1) is 5.56 Å². The van der Waals surface area contributed by atoms with Gasteiger partial charge in [-0.15, -0.1) is 0 Å². The highest BCUT2D eigenvalue weighted by atomic mass is 32.2. The maximum absolute atomic E-state index is 12.3. The topological polar surface area (TPSA) is 83.6 Å². The molecule has 1 N–H and O–H groups in total. The van der Waals surface area contributed by atoms with Crippen molar-refractivity contribution in [2.24, 2.45) is 5.92 Å². The number of hydrogen-bond donors (Lipinski definition) is 1. The van der Waals surface area contributed by atoms with Crippen LogP contribution in [-0.2, 0) is 14.8 Å². The average molecular weight is 308 g/mol. The Morgan fingerprint density at radius 2 is 2.05 bits per heavy atom. The van der Waals surface area contributed by atoms with E-state index in [4.69, 9.17) is 0 Å². The van der Waals surface area contributed by atoms with Gasteiger partial charge in [-0.1, -0.05) is 12.1 Å². The van der Waals surface area contributed by atoms with Gasteiger partial charge >= 0.3 is 0 Å². The molecule has 1 heterocycles. The molecule has 7 heteroatoms. The van der Waals surface area contributed by atoms with E-state index in [0.29, 0.717) is 10.2 Å². The SMILES string of the molecule is CC(NC(=O)CN1C(=O)c2ccccc2S1(=O)=O)C1CC1. The molecule has 1 atom stereocenters. The van der Waals surface area contributed by atoms with Crippen molar-refractivity contribution in [2.75, 3.05) is 6.54 Å². The number of sulfonamides is 1. The van der Waals surface area contributed by atoms with E-state index in [-0.39, 0.29) is 16.5 Å². The summed E-state index contributed by atoms with van der Waals surface area (Å²) in [6, 6.07) is 6.01. The third-order valence-corrected chi connectivity index (χ3v) is 5.70. The number of fused-ring (bicyclic) bond motifs is 1. The van der Waals surface area contributed by atoms with Gasteiger partial charge in [-0.25, -0.2) is 12.7 Å². The zero-order chi connectivity index (χ0) is 15.2. The van der Waals surface area contributed by atoms with Crippen molar-refractivity contribution in [3.05, 3.63) is 29.8 Å². The van der Waals surface area contributed by atoms with Crippen LogP contribution in [0.25, 0.3) is 0 Å². The van der Waals surface area contributed by atoms with E-state index in [9.17, 15) is 18.0 Å². The molecular formula is C14H16N2O4S. The molecule has 1 aliphatic heterocycles. The van der Waals surface area contributed by atoms with E-state index in [1.165, 1.54) is 12.1 Å². The monoisotopic (exact) mass is 308 g/mol. The van der Waals surface area contributed by atoms with Crippen LogP contribution in [0.2, 0.25) is 0 Å². The molecular weight excluding hydrogens is 292 g/mol. The van der Waals surface area contributed by atoms with Crippen molar-refractivity contribution >= 4 is 21.8 Å². The first-order chi connectivity index (χ1) is 9.91. The fourth-order valence-corrected chi connectivity index (χ4v) is 4.06. The molecule has 1 aromatic rings. The van der Waals surface area contributed by atoms with Crippen LogP contribution in [0.3, 0.4) is 0 Å². The summed E-state index contributed by atoms with van der Waals surface area (Å²) in [7, 11) is -3.91. The predicted molar refractivity (Wildman–Crippen MR) is 75.0 cm³/mol. The van der Waals surface area contributed by atoms with Crippen LogP contribution in [0.4, 0.5) is 0 Å². The minimum absolute atomic E-state index is 0.0142. The standard InChI is InChI=1S/C14H16N2O4S/c1-9(10-6-7-10)15-13(17)8-16-14(18)11-4-2-3-5-12(11)21(16,19)20/h2-5,9-10H,6-8H2,1H3,(H,15,17). The second-order valence-corrected chi connectivity index (χ2v) is 7.34. The zero-order valence-electron chi connectivity index (χ0n) is 11.6. The van der Waals surface area contributed by atoms with E-state index >= 15 is 0 Å². The number of hydrogen-bond acceptors (Lipinski definition) is 4. The van der Waals surface area contributed by atoms with Crippen LogP contribution in [-0.4, -0.2) is 37.1 Å². The van der Waals surface area contributed by atoms with Gasteiger partial charge in [0.25, 0.3) is 15.9 Å². The van der Waals surface area contributed by atoms with E-state index < -0.39 is 28.4 Å². The maximum atomic E-state index is 12.3. The first kappa shape index (κ1) is 14.1. The lowest BCUT2D eigenvalue weighted by molar-refractivity contribution is -0.121. The van der Waals surface area contributed by atoms with Crippen molar-refractivity contribution in [3.63, 3.8) is 0 Å². The third kappa shape index (κ3) is 2.42. The molecule has 1 aromatic carbocycles. The lowest BCUT2D eigenvalue weighted by Crippen LogP contribution is -2.43. The van der Waals surface area contributed by atoms with Gasteiger partial charge in [0.15, 0.2) is 0 Å².